The highest BCUT2D eigenvalue weighted by atomic mass is 16.2. The van der Waals surface area contributed by atoms with Crippen molar-refractivity contribution in [2.24, 2.45) is 0 Å². The van der Waals surface area contributed by atoms with Gasteiger partial charge in [-0.15, -0.1) is 0 Å². The van der Waals surface area contributed by atoms with Crippen LogP contribution in [0.1, 0.15) is 41.4 Å². The Hall–Kier alpha value is -2.76. The summed E-state index contributed by atoms with van der Waals surface area (Å²) in [5, 5.41) is 0. The Morgan fingerprint density at radius 1 is 1.27 bits per heavy atom. The first-order chi connectivity index (χ1) is 12.6. The van der Waals surface area contributed by atoms with Crippen LogP contribution in [0.15, 0.2) is 42.9 Å². The molecule has 1 atom stereocenters. The van der Waals surface area contributed by atoms with Gasteiger partial charge in [0.2, 0.25) is 5.91 Å². The van der Waals surface area contributed by atoms with Gasteiger partial charge in [-0.25, -0.2) is 9.97 Å². The summed E-state index contributed by atoms with van der Waals surface area (Å²) in [7, 11) is 0. The van der Waals surface area contributed by atoms with E-state index in [1.807, 2.05) is 35.2 Å². The second kappa shape index (κ2) is 8.08. The zero-order valence-electron chi connectivity index (χ0n) is 15.3. The van der Waals surface area contributed by atoms with Crippen LogP contribution in [-0.4, -0.2) is 50.7 Å². The number of nitrogens with zero attached hydrogens (tertiary/aromatic N) is 4. The number of aryl methyl sites for hydroxylation is 1. The van der Waals surface area contributed by atoms with E-state index in [4.69, 9.17) is 0 Å². The number of amides is 2. The van der Waals surface area contributed by atoms with E-state index >= 15 is 0 Å². The van der Waals surface area contributed by atoms with E-state index in [-0.39, 0.29) is 17.9 Å². The van der Waals surface area contributed by atoms with E-state index in [1.54, 1.807) is 18.0 Å². The molecule has 1 saturated heterocycles. The average Bonchev–Trinajstić information content (AvgIpc) is 2.82. The number of hydrogen-bond donors (Lipinski definition) is 0. The molecule has 0 spiro atoms. The first kappa shape index (κ1) is 18.0. The highest BCUT2D eigenvalue weighted by Gasteiger charge is 2.31. The van der Waals surface area contributed by atoms with Crippen molar-refractivity contribution < 1.29 is 9.59 Å². The number of carbonyl (C=O) groups excluding carboxylic acids is 2. The minimum absolute atomic E-state index is 0.000840. The lowest BCUT2D eigenvalue weighted by molar-refractivity contribution is -0.133. The van der Waals surface area contributed by atoms with Gasteiger partial charge in [0, 0.05) is 38.3 Å². The summed E-state index contributed by atoms with van der Waals surface area (Å²) >= 11 is 0. The summed E-state index contributed by atoms with van der Waals surface area (Å²) in [5.41, 5.74) is 2.27. The second-order valence-electron chi connectivity index (χ2n) is 6.59. The standard InChI is InChI=1S/C20H24N4O2/c1-3-17-13-23(20(26)18-11-21-14-22-15(18)2)10-9-19(25)24(17)12-16-7-5-4-6-8-16/h4-8,11,14,17H,3,9-10,12-13H2,1-2H3/t17-/m1/s1. The Balaban J connectivity index is 1.80. The van der Waals surface area contributed by atoms with Crippen molar-refractivity contribution in [1.29, 1.82) is 0 Å². The number of carbonyl (C=O) groups is 2. The second-order valence-corrected chi connectivity index (χ2v) is 6.59. The van der Waals surface area contributed by atoms with E-state index in [0.717, 1.165) is 12.0 Å². The molecule has 1 aliphatic heterocycles. The van der Waals surface area contributed by atoms with Gasteiger partial charge < -0.3 is 9.80 Å². The van der Waals surface area contributed by atoms with Gasteiger partial charge in [-0.3, -0.25) is 9.59 Å². The van der Waals surface area contributed by atoms with Crippen molar-refractivity contribution in [2.75, 3.05) is 13.1 Å². The van der Waals surface area contributed by atoms with Crippen LogP contribution in [0.5, 0.6) is 0 Å². The van der Waals surface area contributed by atoms with Crippen LogP contribution in [0.25, 0.3) is 0 Å². The van der Waals surface area contributed by atoms with Crippen LogP contribution < -0.4 is 0 Å². The van der Waals surface area contributed by atoms with Gasteiger partial charge >= 0.3 is 0 Å². The van der Waals surface area contributed by atoms with Crippen LogP contribution >= 0.6 is 0 Å². The van der Waals surface area contributed by atoms with E-state index in [0.29, 0.717) is 37.3 Å². The minimum atomic E-state index is -0.101. The molecule has 1 aromatic heterocycles. The summed E-state index contributed by atoms with van der Waals surface area (Å²) < 4.78 is 0. The third-order valence-corrected chi connectivity index (χ3v) is 4.88. The zero-order chi connectivity index (χ0) is 18.5. The van der Waals surface area contributed by atoms with Crippen molar-refractivity contribution in [3.63, 3.8) is 0 Å². The van der Waals surface area contributed by atoms with Crippen molar-refractivity contribution in [3.05, 3.63) is 59.7 Å². The summed E-state index contributed by atoms with van der Waals surface area (Å²) in [6.45, 7) is 5.39. The normalized spacial score (nSPS) is 17.9. The fourth-order valence-corrected chi connectivity index (χ4v) is 3.32. The summed E-state index contributed by atoms with van der Waals surface area (Å²) in [5.74, 6) is -0.00653. The van der Waals surface area contributed by atoms with Crippen molar-refractivity contribution >= 4 is 11.8 Å². The molecule has 0 N–H and O–H groups in total. The molecule has 1 aliphatic rings. The molecule has 1 aromatic carbocycles. The number of aromatic nitrogens is 2. The maximum absolute atomic E-state index is 12.9. The van der Waals surface area contributed by atoms with Crippen LogP contribution in [0.2, 0.25) is 0 Å². The molecule has 6 heteroatoms. The molecule has 2 heterocycles. The Kier molecular flexibility index (Phi) is 5.61. The van der Waals surface area contributed by atoms with Crippen molar-refractivity contribution in [1.82, 2.24) is 19.8 Å². The largest absolute Gasteiger partial charge is 0.336 e. The van der Waals surface area contributed by atoms with Gasteiger partial charge in [0.1, 0.15) is 6.33 Å². The van der Waals surface area contributed by atoms with E-state index < -0.39 is 0 Å². The van der Waals surface area contributed by atoms with Gasteiger partial charge in [-0.05, 0) is 18.9 Å². The molecule has 0 saturated carbocycles. The smallest absolute Gasteiger partial charge is 0.257 e. The van der Waals surface area contributed by atoms with Crippen molar-refractivity contribution in [2.45, 2.75) is 39.3 Å². The van der Waals surface area contributed by atoms with Gasteiger partial charge in [0.05, 0.1) is 11.3 Å². The van der Waals surface area contributed by atoms with Gasteiger partial charge in [0.15, 0.2) is 0 Å². The molecule has 6 nitrogen and oxygen atoms in total. The highest BCUT2D eigenvalue weighted by Crippen LogP contribution is 2.19. The van der Waals surface area contributed by atoms with E-state index in [1.165, 1.54) is 6.33 Å². The quantitative estimate of drug-likeness (QED) is 0.848. The average molecular weight is 352 g/mol. The van der Waals surface area contributed by atoms with Gasteiger partial charge in [-0.1, -0.05) is 37.3 Å². The molecule has 2 amide bonds. The lowest BCUT2D eigenvalue weighted by Crippen LogP contribution is -2.44. The monoisotopic (exact) mass is 352 g/mol. The molecule has 2 aromatic rings. The minimum Gasteiger partial charge on any atom is -0.336 e. The van der Waals surface area contributed by atoms with Crippen LogP contribution in [0.3, 0.4) is 0 Å². The summed E-state index contributed by atoms with van der Waals surface area (Å²) in [6, 6.07) is 9.98. The van der Waals surface area contributed by atoms with Crippen LogP contribution in [0, 0.1) is 6.92 Å². The number of rotatable bonds is 4. The molecular weight excluding hydrogens is 328 g/mol. The SMILES string of the molecule is CC[C@@H]1CN(C(=O)c2cncnc2C)CCC(=O)N1Cc1ccccc1. The first-order valence-corrected chi connectivity index (χ1v) is 8.99. The van der Waals surface area contributed by atoms with Gasteiger partial charge in [-0.2, -0.15) is 0 Å². The van der Waals surface area contributed by atoms with Gasteiger partial charge in [0.25, 0.3) is 5.91 Å². The Bertz CT molecular complexity index is 778. The molecule has 0 bridgehead atoms. The van der Waals surface area contributed by atoms with Crippen molar-refractivity contribution in [3.8, 4) is 0 Å². The predicted molar refractivity (Wildman–Crippen MR) is 98.4 cm³/mol. The lowest BCUT2D eigenvalue weighted by atomic mass is 10.1. The number of hydrogen-bond acceptors (Lipinski definition) is 4. The molecule has 3 rings (SSSR count). The Morgan fingerprint density at radius 2 is 2.04 bits per heavy atom. The topological polar surface area (TPSA) is 66.4 Å². The molecule has 26 heavy (non-hydrogen) atoms. The molecule has 136 valence electrons. The lowest BCUT2D eigenvalue weighted by Gasteiger charge is -2.31. The Morgan fingerprint density at radius 3 is 2.73 bits per heavy atom. The van der Waals surface area contributed by atoms with Crippen LogP contribution in [-0.2, 0) is 11.3 Å². The summed E-state index contributed by atoms with van der Waals surface area (Å²) in [4.78, 5) is 37.4. The number of benzene rings is 1. The molecule has 0 unspecified atom stereocenters. The summed E-state index contributed by atoms with van der Waals surface area (Å²) in [6.07, 6.45) is 4.13. The maximum atomic E-state index is 12.9. The molecule has 1 fully saturated rings. The predicted octanol–water partition coefficient (Wildman–Crippen LogP) is 2.44. The third kappa shape index (κ3) is 3.90. The fourth-order valence-electron chi connectivity index (χ4n) is 3.32. The molecule has 0 aliphatic carbocycles. The Labute approximate surface area is 153 Å². The third-order valence-electron chi connectivity index (χ3n) is 4.88. The molecular formula is C20H24N4O2. The fraction of sp³-hybridized carbons (Fsp3) is 0.400. The van der Waals surface area contributed by atoms with E-state index in [9.17, 15) is 9.59 Å². The maximum Gasteiger partial charge on any atom is 0.257 e. The molecule has 0 radical (unpaired) electrons. The zero-order valence-corrected chi connectivity index (χ0v) is 15.3. The first-order valence-electron chi connectivity index (χ1n) is 8.99. The highest BCUT2D eigenvalue weighted by molar-refractivity contribution is 5.95. The van der Waals surface area contributed by atoms with E-state index in [2.05, 4.69) is 16.9 Å². The van der Waals surface area contributed by atoms with Crippen LogP contribution in [0.4, 0.5) is 0 Å².